The molecule has 0 aliphatic heterocycles. The second-order valence-corrected chi connectivity index (χ2v) is 8.98. The molecular weight excluding hydrogens is 439 g/mol. The largest absolute Gasteiger partial charge is 0.288 e. The number of hydrogen-bond acceptors (Lipinski definition) is 3. The van der Waals surface area contributed by atoms with Crippen LogP contribution in [0.1, 0.15) is 5.56 Å². The molecule has 0 spiro atoms. The van der Waals surface area contributed by atoms with Gasteiger partial charge in [0.25, 0.3) is 5.56 Å². The van der Waals surface area contributed by atoms with Gasteiger partial charge < -0.3 is 0 Å². The molecule has 0 fully saturated rings. The summed E-state index contributed by atoms with van der Waals surface area (Å²) in [6.45, 7) is 0.341. The molecule has 0 unspecified atom stereocenters. The molecule has 0 aliphatic rings. The third-order valence-electron chi connectivity index (χ3n) is 5.00. The number of thiazole rings is 1. The first-order chi connectivity index (χ1) is 14.5. The third-order valence-corrected chi connectivity index (χ3v) is 6.65. The highest BCUT2D eigenvalue weighted by Crippen LogP contribution is 2.33. The van der Waals surface area contributed by atoms with Gasteiger partial charge in [0.1, 0.15) is 11.5 Å². The third kappa shape index (κ3) is 3.17. The minimum absolute atomic E-state index is 0.110. The van der Waals surface area contributed by atoms with Crippen molar-refractivity contribution in [2.75, 3.05) is 0 Å². The second-order valence-electron chi connectivity index (χ2n) is 6.90. The van der Waals surface area contributed by atoms with Gasteiger partial charge in [-0.25, -0.2) is 4.39 Å². The van der Waals surface area contributed by atoms with Crippen molar-refractivity contribution in [1.82, 2.24) is 8.97 Å². The van der Waals surface area contributed by atoms with Gasteiger partial charge in [-0.05, 0) is 59.7 Å². The number of nitrogens with zero attached hydrogens (tertiary/aromatic N) is 2. The van der Waals surface area contributed by atoms with Gasteiger partial charge in [0, 0.05) is 5.02 Å². The van der Waals surface area contributed by atoms with Gasteiger partial charge in [-0.2, -0.15) is 0 Å². The highest BCUT2D eigenvalue weighted by atomic mass is 35.5. The Morgan fingerprint density at radius 3 is 2.53 bits per heavy atom. The highest BCUT2D eigenvalue weighted by Gasteiger charge is 2.18. The number of fused-ring (bicyclic) bond motifs is 3. The van der Waals surface area contributed by atoms with Crippen LogP contribution < -0.4 is 5.56 Å². The quantitative estimate of drug-likeness (QED) is 0.290. The van der Waals surface area contributed by atoms with E-state index in [1.165, 1.54) is 23.5 Å². The SMILES string of the molecule is O=c1c2ccccc2n2c(=S)sc(-c3ccc(F)cc3)c2n1Cc1cccc(Cl)c1. The van der Waals surface area contributed by atoms with Crippen molar-refractivity contribution in [3.05, 3.63) is 104 Å². The summed E-state index contributed by atoms with van der Waals surface area (Å²) in [5, 5.41) is 1.20. The Kier molecular flexibility index (Phi) is 4.77. The van der Waals surface area contributed by atoms with Gasteiger partial charge in [-0.3, -0.25) is 13.8 Å². The fraction of sp³-hybridized carbons (Fsp3) is 0.0435. The number of rotatable bonds is 3. The van der Waals surface area contributed by atoms with E-state index in [1.807, 2.05) is 46.9 Å². The number of hydrogen-bond donors (Lipinski definition) is 0. The van der Waals surface area contributed by atoms with Gasteiger partial charge in [0.2, 0.25) is 0 Å². The van der Waals surface area contributed by atoms with E-state index in [0.717, 1.165) is 21.5 Å². The van der Waals surface area contributed by atoms with Gasteiger partial charge in [-0.1, -0.05) is 48.0 Å². The number of para-hydroxylation sites is 1. The Labute approximate surface area is 185 Å². The van der Waals surface area contributed by atoms with Gasteiger partial charge in [-0.15, -0.1) is 11.3 Å². The normalized spacial score (nSPS) is 11.4. The monoisotopic (exact) mass is 452 g/mol. The average molecular weight is 453 g/mol. The molecule has 30 heavy (non-hydrogen) atoms. The van der Waals surface area contributed by atoms with E-state index in [9.17, 15) is 9.18 Å². The summed E-state index contributed by atoms with van der Waals surface area (Å²) in [6, 6.07) is 21.1. The molecule has 0 N–H and O–H groups in total. The number of halogens is 2. The van der Waals surface area contributed by atoms with Crippen molar-refractivity contribution in [3.8, 4) is 10.4 Å². The van der Waals surface area contributed by atoms with Crippen LogP contribution in [0.5, 0.6) is 0 Å². The molecule has 3 aromatic carbocycles. The summed E-state index contributed by atoms with van der Waals surface area (Å²) in [5.74, 6) is -0.312. The molecule has 7 heteroatoms. The van der Waals surface area contributed by atoms with Crippen LogP contribution >= 0.6 is 35.2 Å². The van der Waals surface area contributed by atoms with E-state index in [2.05, 4.69) is 0 Å². The minimum Gasteiger partial charge on any atom is -0.288 e. The zero-order valence-electron chi connectivity index (χ0n) is 15.5. The second kappa shape index (κ2) is 7.47. The smallest absolute Gasteiger partial charge is 0.261 e. The highest BCUT2D eigenvalue weighted by molar-refractivity contribution is 7.73. The summed E-state index contributed by atoms with van der Waals surface area (Å²) < 4.78 is 17.8. The molecule has 0 aliphatic carbocycles. The fourth-order valence-corrected chi connectivity index (χ4v) is 5.31. The Morgan fingerprint density at radius 2 is 1.77 bits per heavy atom. The summed E-state index contributed by atoms with van der Waals surface area (Å²) in [4.78, 5) is 14.3. The van der Waals surface area contributed by atoms with Gasteiger partial charge in [0.05, 0.1) is 22.3 Å². The standard InChI is InChI=1S/C23H14ClFN2OS2/c24-16-5-3-4-14(12-16)13-26-21-20(15-8-10-17(25)11-9-15)30-23(29)27(21)19-7-2-1-6-18(19)22(26)28/h1-12H,13H2. The molecule has 0 amide bonds. The molecule has 2 aromatic heterocycles. The molecule has 0 radical (unpaired) electrons. The zero-order chi connectivity index (χ0) is 20.8. The maximum Gasteiger partial charge on any atom is 0.261 e. The van der Waals surface area contributed by atoms with Crippen LogP contribution in [0, 0.1) is 9.77 Å². The van der Waals surface area contributed by atoms with Gasteiger partial charge >= 0.3 is 0 Å². The first kappa shape index (κ1) is 19.2. The van der Waals surface area contributed by atoms with Crippen LogP contribution in [-0.4, -0.2) is 8.97 Å². The van der Waals surface area contributed by atoms with Crippen molar-refractivity contribution in [1.29, 1.82) is 0 Å². The summed E-state index contributed by atoms with van der Waals surface area (Å²) >= 11 is 13.3. The average Bonchev–Trinajstić information content (AvgIpc) is 3.09. The van der Waals surface area contributed by atoms with Crippen molar-refractivity contribution in [2.45, 2.75) is 6.54 Å². The summed E-state index contributed by atoms with van der Waals surface area (Å²) in [5.41, 5.74) is 3.06. The lowest BCUT2D eigenvalue weighted by molar-refractivity contribution is 0.628. The summed E-state index contributed by atoms with van der Waals surface area (Å²) in [7, 11) is 0. The predicted molar refractivity (Wildman–Crippen MR) is 124 cm³/mol. The van der Waals surface area contributed by atoms with E-state index in [0.29, 0.717) is 26.6 Å². The molecule has 5 aromatic rings. The molecule has 0 atom stereocenters. The van der Waals surface area contributed by atoms with Crippen LogP contribution in [0.15, 0.2) is 77.6 Å². The maximum absolute atomic E-state index is 13.5. The van der Waals surface area contributed by atoms with E-state index < -0.39 is 0 Å². The Bertz CT molecular complexity index is 1530. The molecule has 148 valence electrons. The lowest BCUT2D eigenvalue weighted by atomic mass is 10.1. The number of aromatic nitrogens is 2. The van der Waals surface area contributed by atoms with Crippen molar-refractivity contribution in [3.63, 3.8) is 0 Å². The number of benzene rings is 3. The lowest BCUT2D eigenvalue weighted by Crippen LogP contribution is -2.23. The van der Waals surface area contributed by atoms with Crippen LogP contribution in [0.3, 0.4) is 0 Å². The van der Waals surface area contributed by atoms with Crippen LogP contribution in [-0.2, 0) is 6.54 Å². The predicted octanol–water partition coefficient (Wildman–Crippen LogP) is 6.55. The van der Waals surface area contributed by atoms with E-state index in [-0.39, 0.29) is 11.4 Å². The molecule has 0 bridgehead atoms. The molecule has 3 nitrogen and oxygen atoms in total. The summed E-state index contributed by atoms with van der Waals surface area (Å²) in [6.07, 6.45) is 0. The van der Waals surface area contributed by atoms with Gasteiger partial charge in [0.15, 0.2) is 3.95 Å². The lowest BCUT2D eigenvalue weighted by Gasteiger charge is -2.13. The topological polar surface area (TPSA) is 26.4 Å². The fourth-order valence-electron chi connectivity index (χ4n) is 3.67. The molecule has 0 saturated heterocycles. The molecular formula is C23H14ClFN2OS2. The maximum atomic E-state index is 13.5. The first-order valence-electron chi connectivity index (χ1n) is 9.20. The van der Waals surface area contributed by atoms with E-state index >= 15 is 0 Å². The van der Waals surface area contributed by atoms with Crippen molar-refractivity contribution < 1.29 is 4.39 Å². The van der Waals surface area contributed by atoms with Crippen molar-refractivity contribution >= 4 is 51.7 Å². The molecule has 5 rings (SSSR count). The van der Waals surface area contributed by atoms with Crippen LogP contribution in [0.25, 0.3) is 27.0 Å². The van der Waals surface area contributed by atoms with Crippen LogP contribution in [0.2, 0.25) is 5.02 Å². The van der Waals surface area contributed by atoms with Crippen molar-refractivity contribution in [2.24, 2.45) is 0 Å². The first-order valence-corrected chi connectivity index (χ1v) is 10.8. The zero-order valence-corrected chi connectivity index (χ0v) is 17.9. The Hall–Kier alpha value is -2.80. The molecule has 0 saturated carbocycles. The van der Waals surface area contributed by atoms with Crippen LogP contribution in [0.4, 0.5) is 4.39 Å². The minimum atomic E-state index is -0.312. The molecule has 2 heterocycles. The Balaban J connectivity index is 1.90. The van der Waals surface area contributed by atoms with E-state index in [4.69, 9.17) is 23.8 Å². The van der Waals surface area contributed by atoms with E-state index in [1.54, 1.807) is 22.8 Å². The Morgan fingerprint density at radius 1 is 1.00 bits per heavy atom.